The predicted molar refractivity (Wildman–Crippen MR) is 134 cm³/mol. The van der Waals surface area contributed by atoms with E-state index in [2.05, 4.69) is 15.4 Å². The van der Waals surface area contributed by atoms with E-state index in [0.717, 1.165) is 12.1 Å². The van der Waals surface area contributed by atoms with Gasteiger partial charge in [0, 0.05) is 12.6 Å². The standard InChI is InChI=1S/C25H34N6O4/c1-6-8-19-22-23(30(5)29-19)25(33)28-24(27-22)18-11-17(9-10-21(18)35-7-2)20(32)14-31(34)12-15(3)26-16(4)13-31/h9-11,15-16,26H,6-8,12-14H2,1-5H3,(H,27,28,33). The van der Waals surface area contributed by atoms with Crippen LogP contribution in [-0.2, 0) is 13.5 Å². The van der Waals surface area contributed by atoms with Crippen LogP contribution in [0.25, 0.3) is 22.4 Å². The Kier molecular flexibility index (Phi) is 7.07. The van der Waals surface area contributed by atoms with Crippen molar-refractivity contribution in [2.45, 2.75) is 52.6 Å². The number of benzene rings is 1. The van der Waals surface area contributed by atoms with Crippen LogP contribution in [0, 0.1) is 5.21 Å². The summed E-state index contributed by atoms with van der Waals surface area (Å²) >= 11 is 0. The highest BCUT2D eigenvalue weighted by molar-refractivity contribution is 5.98. The number of aromatic amines is 1. The summed E-state index contributed by atoms with van der Waals surface area (Å²) in [7, 11) is 1.72. The smallest absolute Gasteiger partial charge is 0.277 e. The number of carbonyl (C=O) groups is 1. The molecule has 0 spiro atoms. The fraction of sp³-hybridized carbons (Fsp3) is 0.520. The number of ketones is 1. The predicted octanol–water partition coefficient (Wildman–Crippen LogP) is 2.55. The van der Waals surface area contributed by atoms with E-state index in [-0.39, 0.29) is 30.0 Å². The van der Waals surface area contributed by atoms with Crippen LogP contribution in [0.4, 0.5) is 0 Å². The van der Waals surface area contributed by atoms with E-state index < -0.39 is 4.65 Å². The molecule has 188 valence electrons. The Morgan fingerprint density at radius 2 is 1.97 bits per heavy atom. The maximum atomic E-state index is 13.3. The van der Waals surface area contributed by atoms with E-state index >= 15 is 0 Å². The van der Waals surface area contributed by atoms with E-state index in [4.69, 9.17) is 9.72 Å². The molecule has 0 radical (unpaired) electrons. The van der Waals surface area contributed by atoms with E-state index in [1.165, 1.54) is 0 Å². The number of ether oxygens (including phenoxy) is 1. The minimum atomic E-state index is -0.562. The van der Waals surface area contributed by atoms with Crippen LogP contribution in [-0.4, -0.2) is 68.5 Å². The molecule has 2 aromatic heterocycles. The lowest BCUT2D eigenvalue weighted by Crippen LogP contribution is -2.63. The molecule has 0 amide bonds. The number of Topliss-reactive ketones (excluding diaryl/α,β-unsaturated/α-hetero) is 1. The van der Waals surface area contributed by atoms with Crippen LogP contribution in [0.15, 0.2) is 23.0 Å². The van der Waals surface area contributed by atoms with Crippen molar-refractivity contribution < 1.29 is 14.2 Å². The van der Waals surface area contributed by atoms with E-state index in [1.54, 1.807) is 29.9 Å². The van der Waals surface area contributed by atoms with Crippen LogP contribution in [0.2, 0.25) is 0 Å². The van der Waals surface area contributed by atoms with Crippen molar-refractivity contribution in [3.05, 3.63) is 45.0 Å². The Hall–Kier alpha value is -3.08. The monoisotopic (exact) mass is 482 g/mol. The minimum absolute atomic E-state index is 0.0396. The van der Waals surface area contributed by atoms with Crippen molar-refractivity contribution in [2.75, 3.05) is 26.2 Å². The fourth-order valence-electron chi connectivity index (χ4n) is 5.10. The summed E-state index contributed by atoms with van der Waals surface area (Å²) in [5.74, 6) is 0.561. The quantitative estimate of drug-likeness (QED) is 0.287. The average Bonchev–Trinajstić information content (AvgIpc) is 3.08. The molecule has 0 aliphatic carbocycles. The van der Waals surface area contributed by atoms with Crippen molar-refractivity contribution in [3.8, 4) is 17.1 Å². The van der Waals surface area contributed by atoms with Gasteiger partial charge in [0.05, 0.1) is 43.0 Å². The van der Waals surface area contributed by atoms with Gasteiger partial charge in [0.2, 0.25) is 5.78 Å². The molecular formula is C25H34N6O4. The van der Waals surface area contributed by atoms with Gasteiger partial charge in [0.1, 0.15) is 23.6 Å². The minimum Gasteiger partial charge on any atom is -0.632 e. The number of nitrogens with one attached hydrogen (secondary N) is 2. The van der Waals surface area contributed by atoms with Crippen molar-refractivity contribution in [1.82, 2.24) is 25.1 Å². The average molecular weight is 483 g/mol. The first-order chi connectivity index (χ1) is 16.6. The van der Waals surface area contributed by atoms with Crippen molar-refractivity contribution in [1.29, 1.82) is 0 Å². The van der Waals surface area contributed by atoms with Crippen LogP contribution in [0.3, 0.4) is 0 Å². The number of quaternary nitrogens is 1. The third-order valence-corrected chi connectivity index (χ3v) is 6.32. The summed E-state index contributed by atoms with van der Waals surface area (Å²) in [5, 5.41) is 21.1. The number of rotatable bonds is 8. The normalized spacial score (nSPS) is 22.5. The molecule has 4 rings (SSSR count). The van der Waals surface area contributed by atoms with Gasteiger partial charge in [-0.2, -0.15) is 5.10 Å². The van der Waals surface area contributed by atoms with Gasteiger partial charge in [-0.05, 0) is 45.4 Å². The lowest BCUT2D eigenvalue weighted by molar-refractivity contribution is -0.879. The number of aromatic nitrogens is 4. The van der Waals surface area contributed by atoms with Gasteiger partial charge in [0.15, 0.2) is 5.52 Å². The number of hydrogen-bond donors (Lipinski definition) is 2. The molecule has 1 aromatic carbocycles. The third kappa shape index (κ3) is 5.14. The number of carbonyl (C=O) groups excluding carboxylic acids is 1. The topological polar surface area (TPSA) is 125 Å². The maximum absolute atomic E-state index is 13.3. The summed E-state index contributed by atoms with van der Waals surface area (Å²) in [4.78, 5) is 33.7. The highest BCUT2D eigenvalue weighted by atomic mass is 16.5. The first-order valence-electron chi connectivity index (χ1n) is 12.2. The molecule has 1 saturated heterocycles. The molecule has 2 unspecified atom stereocenters. The maximum Gasteiger partial charge on any atom is 0.277 e. The Balaban J connectivity index is 1.75. The number of hydroxylamine groups is 3. The van der Waals surface area contributed by atoms with Gasteiger partial charge in [-0.25, -0.2) is 4.98 Å². The molecule has 2 N–H and O–H groups in total. The van der Waals surface area contributed by atoms with Crippen molar-refractivity contribution >= 4 is 16.8 Å². The zero-order valence-corrected chi connectivity index (χ0v) is 21.1. The van der Waals surface area contributed by atoms with Gasteiger partial charge < -0.3 is 24.9 Å². The second-order valence-electron chi connectivity index (χ2n) is 9.55. The van der Waals surface area contributed by atoms with Gasteiger partial charge in [-0.15, -0.1) is 0 Å². The molecule has 1 aliphatic heterocycles. The first kappa shape index (κ1) is 25.0. The van der Waals surface area contributed by atoms with E-state index in [1.807, 2.05) is 27.7 Å². The van der Waals surface area contributed by atoms with Crippen LogP contribution in [0.1, 0.15) is 50.2 Å². The molecule has 0 saturated carbocycles. The Labute approximate surface area is 204 Å². The molecule has 1 fully saturated rings. The molecule has 35 heavy (non-hydrogen) atoms. The van der Waals surface area contributed by atoms with Crippen molar-refractivity contribution in [3.63, 3.8) is 0 Å². The van der Waals surface area contributed by atoms with Gasteiger partial charge in [-0.3, -0.25) is 14.3 Å². The number of fused-ring (bicyclic) bond motifs is 1. The molecule has 1 aliphatic rings. The zero-order valence-electron chi connectivity index (χ0n) is 21.1. The number of aryl methyl sites for hydroxylation is 2. The highest BCUT2D eigenvalue weighted by Crippen LogP contribution is 2.30. The Morgan fingerprint density at radius 1 is 1.26 bits per heavy atom. The lowest BCUT2D eigenvalue weighted by Gasteiger charge is -2.49. The number of hydrogen-bond acceptors (Lipinski definition) is 7. The Bertz CT molecular complexity index is 1290. The third-order valence-electron chi connectivity index (χ3n) is 6.32. The largest absolute Gasteiger partial charge is 0.632 e. The molecule has 2 atom stereocenters. The summed E-state index contributed by atoms with van der Waals surface area (Å²) in [5.41, 5.74) is 2.28. The summed E-state index contributed by atoms with van der Waals surface area (Å²) < 4.78 is 6.78. The number of nitrogens with zero attached hydrogens (tertiary/aromatic N) is 4. The van der Waals surface area contributed by atoms with E-state index in [9.17, 15) is 14.8 Å². The van der Waals surface area contributed by atoms with Crippen molar-refractivity contribution in [2.24, 2.45) is 7.05 Å². The highest BCUT2D eigenvalue weighted by Gasteiger charge is 2.32. The first-order valence-corrected chi connectivity index (χ1v) is 12.2. The fourth-order valence-corrected chi connectivity index (χ4v) is 5.10. The summed E-state index contributed by atoms with van der Waals surface area (Å²) in [6.45, 7) is 8.77. The number of H-pyrrole nitrogens is 1. The van der Waals surface area contributed by atoms with Gasteiger partial charge >= 0.3 is 0 Å². The summed E-state index contributed by atoms with van der Waals surface area (Å²) in [6.07, 6.45) is 1.56. The van der Waals surface area contributed by atoms with Crippen LogP contribution >= 0.6 is 0 Å². The van der Waals surface area contributed by atoms with Gasteiger partial charge in [0.25, 0.3) is 5.56 Å². The molecule has 10 heteroatoms. The van der Waals surface area contributed by atoms with Gasteiger partial charge in [-0.1, -0.05) is 13.3 Å². The molecule has 10 nitrogen and oxygen atoms in total. The molecule has 3 heterocycles. The molecule has 0 bridgehead atoms. The molecular weight excluding hydrogens is 448 g/mol. The van der Waals surface area contributed by atoms with Crippen LogP contribution < -0.4 is 15.6 Å². The second kappa shape index (κ2) is 9.88. The second-order valence-corrected chi connectivity index (χ2v) is 9.55. The SMILES string of the molecule is CCCc1nn(C)c2c(=O)[nH]c(-c3cc(C(=O)C[N+]4([O-])CC(C)NC(C)C4)ccc3OCC)nc12. The van der Waals surface area contributed by atoms with Crippen LogP contribution in [0.5, 0.6) is 5.75 Å². The number of piperazine rings is 1. The molecule has 3 aromatic rings. The lowest BCUT2D eigenvalue weighted by atomic mass is 10.0. The zero-order chi connectivity index (χ0) is 25.3. The van der Waals surface area contributed by atoms with E-state index in [0.29, 0.717) is 59.9 Å². The summed E-state index contributed by atoms with van der Waals surface area (Å²) in [6, 6.07) is 5.11. The Morgan fingerprint density at radius 3 is 2.63 bits per heavy atom.